The van der Waals surface area contributed by atoms with Gasteiger partial charge in [0.05, 0.1) is 6.61 Å². The molecule has 0 aromatic rings. The molecule has 1 saturated carbocycles. The Hall–Kier alpha value is -0.570. The molecule has 68 valence electrons. The van der Waals surface area contributed by atoms with E-state index in [4.69, 9.17) is 4.74 Å². The van der Waals surface area contributed by atoms with Crippen LogP contribution in [0.1, 0.15) is 19.8 Å². The molecule has 3 heteroatoms. The van der Waals surface area contributed by atoms with Crippen molar-refractivity contribution in [3.63, 3.8) is 0 Å². The molecule has 1 heterocycles. The predicted octanol–water partition coefficient (Wildman–Crippen LogP) is 0.547. The molecule has 12 heavy (non-hydrogen) atoms. The summed E-state index contributed by atoms with van der Waals surface area (Å²) in [6.07, 6.45) is 2.46. The summed E-state index contributed by atoms with van der Waals surface area (Å²) in [7, 11) is 0. The lowest BCUT2D eigenvalue weighted by molar-refractivity contribution is -0.146. The molecule has 0 bridgehead atoms. The van der Waals surface area contributed by atoms with Crippen molar-refractivity contribution in [2.45, 2.75) is 25.8 Å². The molecule has 2 aliphatic rings. The Morgan fingerprint density at radius 2 is 2.50 bits per heavy atom. The molecule has 3 atom stereocenters. The number of ether oxygens (including phenoxy) is 1. The van der Waals surface area contributed by atoms with Gasteiger partial charge in [-0.15, -0.1) is 0 Å². The maximum Gasteiger partial charge on any atom is 0.323 e. The van der Waals surface area contributed by atoms with E-state index in [1.54, 1.807) is 0 Å². The van der Waals surface area contributed by atoms with Crippen LogP contribution in [0, 0.1) is 11.8 Å². The molecule has 0 unspecified atom stereocenters. The highest BCUT2D eigenvalue weighted by Crippen LogP contribution is 2.46. The number of fused-ring (bicyclic) bond motifs is 1. The number of carbonyl (C=O) groups is 1. The quantitative estimate of drug-likeness (QED) is 0.613. The van der Waals surface area contributed by atoms with Crippen LogP contribution in [0.2, 0.25) is 0 Å². The second-order valence-corrected chi connectivity index (χ2v) is 3.63. The van der Waals surface area contributed by atoms with E-state index in [2.05, 4.69) is 5.32 Å². The molecular weight excluding hydrogens is 154 g/mol. The van der Waals surface area contributed by atoms with Gasteiger partial charge < -0.3 is 10.1 Å². The van der Waals surface area contributed by atoms with Crippen LogP contribution in [0.15, 0.2) is 0 Å². The van der Waals surface area contributed by atoms with Gasteiger partial charge in [-0.05, 0) is 38.1 Å². The van der Waals surface area contributed by atoms with Gasteiger partial charge >= 0.3 is 5.97 Å². The number of piperidine rings is 1. The summed E-state index contributed by atoms with van der Waals surface area (Å²) in [5.74, 6) is 1.34. The van der Waals surface area contributed by atoms with Crippen molar-refractivity contribution in [1.82, 2.24) is 5.32 Å². The fourth-order valence-corrected chi connectivity index (χ4v) is 2.08. The van der Waals surface area contributed by atoms with Gasteiger partial charge in [0.25, 0.3) is 0 Å². The van der Waals surface area contributed by atoms with Crippen LogP contribution >= 0.6 is 0 Å². The third-order valence-corrected chi connectivity index (χ3v) is 2.83. The van der Waals surface area contributed by atoms with Gasteiger partial charge in [-0.25, -0.2) is 0 Å². The maximum absolute atomic E-state index is 11.4. The third kappa shape index (κ3) is 1.33. The van der Waals surface area contributed by atoms with Crippen molar-refractivity contribution in [2.24, 2.45) is 11.8 Å². The zero-order chi connectivity index (χ0) is 8.55. The fourth-order valence-electron chi connectivity index (χ4n) is 2.08. The van der Waals surface area contributed by atoms with Crippen LogP contribution < -0.4 is 5.32 Å². The normalized spacial score (nSPS) is 38.6. The van der Waals surface area contributed by atoms with E-state index in [0.717, 1.165) is 12.5 Å². The first-order chi connectivity index (χ1) is 5.83. The Labute approximate surface area is 72.5 Å². The average Bonchev–Trinajstić information content (AvgIpc) is 2.81. The van der Waals surface area contributed by atoms with Crippen molar-refractivity contribution in [3.8, 4) is 0 Å². The van der Waals surface area contributed by atoms with Gasteiger partial charge in [-0.3, -0.25) is 4.79 Å². The van der Waals surface area contributed by atoms with E-state index in [1.165, 1.54) is 12.8 Å². The number of carbonyl (C=O) groups excluding carboxylic acids is 1. The SMILES string of the molecule is CCOC(=O)[C@@H]1NCC[C@H]2C[C@H]21. The summed E-state index contributed by atoms with van der Waals surface area (Å²) < 4.78 is 4.98. The first kappa shape index (κ1) is 8.05. The zero-order valence-electron chi connectivity index (χ0n) is 7.38. The molecule has 1 aliphatic carbocycles. The molecule has 0 aromatic carbocycles. The monoisotopic (exact) mass is 169 g/mol. The van der Waals surface area contributed by atoms with Gasteiger partial charge in [-0.1, -0.05) is 0 Å². The van der Waals surface area contributed by atoms with Crippen molar-refractivity contribution >= 4 is 5.97 Å². The number of hydrogen-bond acceptors (Lipinski definition) is 3. The molecule has 1 saturated heterocycles. The third-order valence-electron chi connectivity index (χ3n) is 2.83. The Bertz CT molecular complexity index is 193. The molecule has 0 spiro atoms. The lowest BCUT2D eigenvalue weighted by atomic mass is 10.1. The van der Waals surface area contributed by atoms with Gasteiger partial charge in [0.15, 0.2) is 0 Å². The summed E-state index contributed by atoms with van der Waals surface area (Å²) >= 11 is 0. The average molecular weight is 169 g/mol. The second kappa shape index (κ2) is 3.05. The minimum absolute atomic E-state index is 0.00343. The van der Waals surface area contributed by atoms with Crippen LogP contribution in [0.25, 0.3) is 0 Å². The van der Waals surface area contributed by atoms with Gasteiger partial charge in [0, 0.05) is 0 Å². The number of hydrogen-bond donors (Lipinski definition) is 1. The first-order valence-corrected chi connectivity index (χ1v) is 4.73. The van der Waals surface area contributed by atoms with Crippen LogP contribution in [0.5, 0.6) is 0 Å². The van der Waals surface area contributed by atoms with Crippen LogP contribution in [0.3, 0.4) is 0 Å². The van der Waals surface area contributed by atoms with E-state index in [9.17, 15) is 4.79 Å². The standard InChI is InChI=1S/C9H15NO2/c1-2-12-9(11)8-7-5-6(7)3-4-10-8/h6-8,10H,2-5H2,1H3/t6-,7+,8+/m0/s1. The topological polar surface area (TPSA) is 38.3 Å². The molecule has 3 nitrogen and oxygen atoms in total. The van der Waals surface area contributed by atoms with Crippen LogP contribution in [-0.4, -0.2) is 25.2 Å². The summed E-state index contributed by atoms with van der Waals surface area (Å²) in [4.78, 5) is 11.4. The molecule has 1 N–H and O–H groups in total. The van der Waals surface area contributed by atoms with Gasteiger partial charge in [0.1, 0.15) is 6.04 Å². The van der Waals surface area contributed by atoms with E-state index in [-0.39, 0.29) is 12.0 Å². The van der Waals surface area contributed by atoms with Crippen molar-refractivity contribution < 1.29 is 9.53 Å². The minimum atomic E-state index is -0.0512. The van der Waals surface area contributed by atoms with Gasteiger partial charge in [0.2, 0.25) is 0 Å². The minimum Gasteiger partial charge on any atom is -0.465 e. The van der Waals surface area contributed by atoms with E-state index >= 15 is 0 Å². The van der Waals surface area contributed by atoms with Gasteiger partial charge in [-0.2, -0.15) is 0 Å². The summed E-state index contributed by atoms with van der Waals surface area (Å²) in [6, 6.07) is 0.00343. The molecule has 2 fully saturated rings. The summed E-state index contributed by atoms with van der Waals surface area (Å²) in [6.45, 7) is 3.32. The molecule has 2 rings (SSSR count). The Balaban J connectivity index is 1.90. The highest BCUT2D eigenvalue weighted by Gasteiger charge is 2.48. The van der Waals surface area contributed by atoms with E-state index in [0.29, 0.717) is 12.5 Å². The number of esters is 1. The molecule has 0 radical (unpaired) electrons. The van der Waals surface area contributed by atoms with E-state index in [1.807, 2.05) is 6.92 Å². The Kier molecular flexibility index (Phi) is 2.05. The zero-order valence-corrected chi connectivity index (χ0v) is 7.38. The molecular formula is C9H15NO2. The Morgan fingerprint density at radius 3 is 3.25 bits per heavy atom. The smallest absolute Gasteiger partial charge is 0.323 e. The Morgan fingerprint density at radius 1 is 1.67 bits per heavy atom. The summed E-state index contributed by atoms with van der Waals surface area (Å²) in [5, 5.41) is 3.22. The maximum atomic E-state index is 11.4. The van der Waals surface area contributed by atoms with Crippen molar-refractivity contribution in [1.29, 1.82) is 0 Å². The molecule has 1 aliphatic heterocycles. The van der Waals surface area contributed by atoms with Crippen molar-refractivity contribution in [2.75, 3.05) is 13.2 Å². The van der Waals surface area contributed by atoms with Crippen LogP contribution in [-0.2, 0) is 9.53 Å². The largest absolute Gasteiger partial charge is 0.465 e. The number of rotatable bonds is 2. The lowest BCUT2D eigenvalue weighted by Gasteiger charge is -2.20. The van der Waals surface area contributed by atoms with Crippen LogP contribution in [0.4, 0.5) is 0 Å². The van der Waals surface area contributed by atoms with E-state index < -0.39 is 0 Å². The predicted molar refractivity (Wildman–Crippen MR) is 44.6 cm³/mol. The highest BCUT2D eigenvalue weighted by molar-refractivity contribution is 5.77. The highest BCUT2D eigenvalue weighted by atomic mass is 16.5. The summed E-state index contributed by atoms with van der Waals surface area (Å²) in [5.41, 5.74) is 0. The second-order valence-electron chi connectivity index (χ2n) is 3.63. The first-order valence-electron chi connectivity index (χ1n) is 4.73. The molecule has 0 aromatic heterocycles. The molecule has 0 amide bonds. The van der Waals surface area contributed by atoms with Crippen molar-refractivity contribution in [3.05, 3.63) is 0 Å². The lowest BCUT2D eigenvalue weighted by Crippen LogP contribution is -2.43. The number of nitrogens with one attached hydrogen (secondary N) is 1. The fraction of sp³-hybridized carbons (Fsp3) is 0.889.